The number of carbonyl (C=O) groups is 1. The molecule has 4 nitrogen and oxygen atoms in total. The number of aromatic nitrogens is 2. The van der Waals surface area contributed by atoms with E-state index in [0.717, 1.165) is 33.7 Å². The van der Waals surface area contributed by atoms with Crippen LogP contribution in [0.4, 0.5) is 0 Å². The first kappa shape index (κ1) is 22.6. The van der Waals surface area contributed by atoms with Crippen molar-refractivity contribution >= 4 is 11.6 Å². The molecule has 4 heteroatoms. The molecule has 0 bridgehead atoms. The van der Waals surface area contributed by atoms with E-state index < -0.39 is 0 Å². The Kier molecular flexibility index (Phi) is 6.44. The number of hydrogen-bond acceptors (Lipinski definition) is 2. The Morgan fingerprint density at radius 2 is 1.57 bits per heavy atom. The Balaban J connectivity index is 1.47. The van der Waals surface area contributed by atoms with Crippen LogP contribution in [-0.2, 0) is 17.8 Å². The highest BCUT2D eigenvalue weighted by Crippen LogP contribution is 2.29. The standard InChI is InChI=1S/C31H29N3O/c1-22-11-13-25(14-12-22)31-28(16-18-30(35)32-20-24-8-4-3-5-9-24)34-21-27(15-17-29(34)33-31)26-10-6-7-23(2)19-26/h3-15,17,19,21H,16,18,20H2,1-2H3,(H,32,35). The summed E-state index contributed by atoms with van der Waals surface area (Å²) in [5, 5.41) is 3.05. The van der Waals surface area contributed by atoms with E-state index in [-0.39, 0.29) is 5.91 Å². The van der Waals surface area contributed by atoms with E-state index in [1.165, 1.54) is 16.7 Å². The molecule has 0 saturated heterocycles. The van der Waals surface area contributed by atoms with E-state index in [4.69, 9.17) is 4.98 Å². The number of nitrogens with zero attached hydrogens (tertiary/aromatic N) is 2. The zero-order chi connectivity index (χ0) is 24.2. The minimum Gasteiger partial charge on any atom is -0.352 e. The van der Waals surface area contributed by atoms with Gasteiger partial charge in [0, 0.05) is 24.7 Å². The fourth-order valence-corrected chi connectivity index (χ4v) is 4.39. The van der Waals surface area contributed by atoms with Gasteiger partial charge in [0.15, 0.2) is 0 Å². The summed E-state index contributed by atoms with van der Waals surface area (Å²) in [5.41, 5.74) is 9.76. The molecule has 0 atom stereocenters. The molecule has 1 amide bonds. The Hall–Kier alpha value is -4.18. The first-order valence-electron chi connectivity index (χ1n) is 12.0. The van der Waals surface area contributed by atoms with Gasteiger partial charge in [0.2, 0.25) is 5.91 Å². The van der Waals surface area contributed by atoms with Crippen LogP contribution in [0, 0.1) is 13.8 Å². The zero-order valence-electron chi connectivity index (χ0n) is 20.2. The predicted molar refractivity (Wildman–Crippen MR) is 142 cm³/mol. The van der Waals surface area contributed by atoms with Crippen LogP contribution >= 0.6 is 0 Å². The van der Waals surface area contributed by atoms with Crippen LogP contribution in [0.3, 0.4) is 0 Å². The summed E-state index contributed by atoms with van der Waals surface area (Å²) in [6.07, 6.45) is 3.14. The fraction of sp³-hybridized carbons (Fsp3) is 0.161. The van der Waals surface area contributed by atoms with E-state index >= 15 is 0 Å². The third-order valence-corrected chi connectivity index (χ3v) is 6.32. The number of rotatable bonds is 7. The molecule has 174 valence electrons. The van der Waals surface area contributed by atoms with Gasteiger partial charge in [0.25, 0.3) is 0 Å². The number of imidazole rings is 1. The molecule has 2 aromatic heterocycles. The Morgan fingerprint density at radius 1 is 0.800 bits per heavy atom. The minimum atomic E-state index is 0.0356. The Morgan fingerprint density at radius 3 is 2.34 bits per heavy atom. The smallest absolute Gasteiger partial charge is 0.220 e. The summed E-state index contributed by atoms with van der Waals surface area (Å²) in [4.78, 5) is 17.7. The van der Waals surface area contributed by atoms with Crippen LogP contribution < -0.4 is 5.32 Å². The molecule has 0 unspecified atom stereocenters. The first-order valence-corrected chi connectivity index (χ1v) is 12.0. The third kappa shape index (κ3) is 5.17. The van der Waals surface area contributed by atoms with Crippen molar-refractivity contribution < 1.29 is 4.79 Å². The van der Waals surface area contributed by atoms with Gasteiger partial charge < -0.3 is 9.72 Å². The predicted octanol–water partition coefficient (Wildman–Crippen LogP) is 6.53. The lowest BCUT2D eigenvalue weighted by Crippen LogP contribution is -2.23. The van der Waals surface area contributed by atoms with Gasteiger partial charge in [-0.2, -0.15) is 0 Å². The lowest BCUT2D eigenvalue weighted by atomic mass is 10.0. The van der Waals surface area contributed by atoms with Gasteiger partial charge in [-0.05, 0) is 49.1 Å². The number of aryl methyl sites for hydroxylation is 3. The van der Waals surface area contributed by atoms with Crippen molar-refractivity contribution in [2.24, 2.45) is 0 Å². The summed E-state index contributed by atoms with van der Waals surface area (Å²) in [5.74, 6) is 0.0356. The van der Waals surface area contributed by atoms with Gasteiger partial charge in [0.1, 0.15) is 5.65 Å². The molecular weight excluding hydrogens is 430 g/mol. The summed E-state index contributed by atoms with van der Waals surface area (Å²) in [7, 11) is 0. The molecule has 0 saturated carbocycles. The SMILES string of the molecule is Cc1ccc(-c2nc3ccc(-c4cccc(C)c4)cn3c2CCC(=O)NCc2ccccc2)cc1. The van der Waals surface area contributed by atoms with Crippen LogP contribution in [0.1, 0.15) is 28.8 Å². The molecule has 1 N–H and O–H groups in total. The maximum Gasteiger partial charge on any atom is 0.220 e. The monoisotopic (exact) mass is 459 g/mol. The highest BCUT2D eigenvalue weighted by Gasteiger charge is 2.16. The van der Waals surface area contributed by atoms with Crippen molar-refractivity contribution in [2.45, 2.75) is 33.2 Å². The van der Waals surface area contributed by atoms with Crippen molar-refractivity contribution in [2.75, 3.05) is 0 Å². The van der Waals surface area contributed by atoms with Crippen LogP contribution in [0.15, 0.2) is 97.2 Å². The van der Waals surface area contributed by atoms with Crippen LogP contribution in [0.25, 0.3) is 28.0 Å². The van der Waals surface area contributed by atoms with Crippen molar-refractivity contribution in [3.05, 3.63) is 120 Å². The van der Waals surface area contributed by atoms with Crippen LogP contribution in [0.5, 0.6) is 0 Å². The third-order valence-electron chi connectivity index (χ3n) is 6.32. The first-order chi connectivity index (χ1) is 17.1. The molecule has 0 aliphatic rings. The molecule has 0 aliphatic carbocycles. The zero-order valence-corrected chi connectivity index (χ0v) is 20.2. The summed E-state index contributed by atoms with van der Waals surface area (Å²) < 4.78 is 2.15. The number of nitrogens with one attached hydrogen (secondary N) is 1. The largest absolute Gasteiger partial charge is 0.352 e. The van der Waals surface area contributed by atoms with Crippen LogP contribution in [0.2, 0.25) is 0 Å². The maximum atomic E-state index is 12.7. The van der Waals surface area contributed by atoms with Crippen molar-refractivity contribution in [1.29, 1.82) is 0 Å². The second-order valence-corrected chi connectivity index (χ2v) is 9.05. The van der Waals surface area contributed by atoms with Crippen molar-refractivity contribution in [3.63, 3.8) is 0 Å². The second-order valence-electron chi connectivity index (χ2n) is 9.05. The van der Waals surface area contributed by atoms with E-state index in [2.05, 4.69) is 90.4 Å². The number of benzene rings is 3. The molecule has 3 aromatic carbocycles. The fourth-order valence-electron chi connectivity index (χ4n) is 4.39. The van der Waals surface area contributed by atoms with Crippen molar-refractivity contribution in [3.8, 4) is 22.4 Å². The average Bonchev–Trinajstić information content (AvgIpc) is 3.25. The van der Waals surface area contributed by atoms with Gasteiger partial charge in [-0.1, -0.05) is 90.0 Å². The molecule has 35 heavy (non-hydrogen) atoms. The molecule has 2 heterocycles. The number of carbonyl (C=O) groups excluding carboxylic acids is 1. The Bertz CT molecular complexity index is 1470. The molecule has 5 aromatic rings. The van der Waals surface area contributed by atoms with E-state index in [0.29, 0.717) is 19.4 Å². The topological polar surface area (TPSA) is 46.4 Å². The number of fused-ring (bicyclic) bond motifs is 1. The van der Waals surface area contributed by atoms with Crippen molar-refractivity contribution in [1.82, 2.24) is 14.7 Å². The normalized spacial score (nSPS) is 11.0. The quantitative estimate of drug-likeness (QED) is 0.301. The lowest BCUT2D eigenvalue weighted by Gasteiger charge is -2.09. The molecule has 0 fully saturated rings. The summed E-state index contributed by atoms with van der Waals surface area (Å²) in [6, 6.07) is 31.1. The average molecular weight is 460 g/mol. The minimum absolute atomic E-state index is 0.0356. The lowest BCUT2D eigenvalue weighted by molar-refractivity contribution is -0.121. The van der Waals surface area contributed by atoms with Gasteiger partial charge in [0.05, 0.1) is 11.4 Å². The van der Waals surface area contributed by atoms with E-state index in [9.17, 15) is 4.79 Å². The molecular formula is C31H29N3O. The molecule has 0 radical (unpaired) electrons. The number of amides is 1. The highest BCUT2D eigenvalue weighted by molar-refractivity contribution is 5.77. The van der Waals surface area contributed by atoms with Gasteiger partial charge in [-0.15, -0.1) is 0 Å². The van der Waals surface area contributed by atoms with Gasteiger partial charge >= 0.3 is 0 Å². The molecule has 5 rings (SSSR count). The summed E-state index contributed by atoms with van der Waals surface area (Å²) >= 11 is 0. The Labute approximate surface area is 206 Å². The van der Waals surface area contributed by atoms with Gasteiger partial charge in [-0.25, -0.2) is 4.98 Å². The summed E-state index contributed by atoms with van der Waals surface area (Å²) in [6.45, 7) is 4.73. The second kappa shape index (κ2) is 9.98. The number of hydrogen-bond donors (Lipinski definition) is 1. The highest BCUT2D eigenvalue weighted by atomic mass is 16.1. The maximum absolute atomic E-state index is 12.7. The molecule has 0 spiro atoms. The van der Waals surface area contributed by atoms with Gasteiger partial charge in [-0.3, -0.25) is 4.79 Å². The number of pyridine rings is 1. The van der Waals surface area contributed by atoms with E-state index in [1.807, 2.05) is 30.3 Å². The van der Waals surface area contributed by atoms with E-state index in [1.54, 1.807) is 0 Å². The molecule has 0 aliphatic heterocycles. The van der Waals surface area contributed by atoms with Crippen LogP contribution in [-0.4, -0.2) is 15.3 Å².